The Morgan fingerprint density at radius 2 is 1.72 bits per heavy atom. The Labute approximate surface area is 143 Å². The first-order valence-electron chi connectivity index (χ1n) is 7.91. The van der Waals surface area contributed by atoms with Crippen LogP contribution in [0.2, 0.25) is 0 Å². The number of urea groups is 1. The van der Waals surface area contributed by atoms with E-state index in [2.05, 4.69) is 0 Å². The highest BCUT2D eigenvalue weighted by molar-refractivity contribution is 6.44. The van der Waals surface area contributed by atoms with Crippen molar-refractivity contribution in [2.24, 2.45) is 0 Å². The highest BCUT2D eigenvalue weighted by atomic mass is 16.4. The van der Waals surface area contributed by atoms with Crippen molar-refractivity contribution in [3.63, 3.8) is 0 Å². The molecule has 1 aromatic carbocycles. The van der Waals surface area contributed by atoms with Gasteiger partial charge in [0.2, 0.25) is 0 Å². The molecule has 0 aliphatic carbocycles. The number of amides is 4. The standard InChI is InChI=1S/C18H18N2O5/c1-9(2)12-7-13-11(6-15(21)25-14(13)5-10(12)3)8-20-17(23)16(22)19(4)18(20)24/h5-7,9H,8H2,1-4H3. The SMILES string of the molecule is Cc1cc2oc(=O)cc(CN3C(=O)C(=O)N(C)C3=O)c2cc1C(C)C. The van der Waals surface area contributed by atoms with E-state index >= 15 is 0 Å². The third-order valence-corrected chi connectivity index (χ3v) is 4.42. The number of aryl methyl sites for hydroxylation is 1. The van der Waals surface area contributed by atoms with Gasteiger partial charge in [-0.25, -0.2) is 9.59 Å². The third kappa shape index (κ3) is 2.71. The van der Waals surface area contributed by atoms with Crippen molar-refractivity contribution < 1.29 is 18.8 Å². The van der Waals surface area contributed by atoms with Crippen LogP contribution in [-0.4, -0.2) is 34.7 Å². The Bertz CT molecular complexity index is 973. The maximum atomic E-state index is 12.1. The second kappa shape index (κ2) is 5.84. The smallest absolute Gasteiger partial charge is 0.336 e. The van der Waals surface area contributed by atoms with Crippen LogP contribution in [-0.2, 0) is 16.1 Å². The molecule has 1 aliphatic rings. The highest BCUT2D eigenvalue weighted by Gasteiger charge is 2.42. The Morgan fingerprint density at radius 1 is 1.04 bits per heavy atom. The fraction of sp³-hybridized carbons (Fsp3) is 0.333. The van der Waals surface area contributed by atoms with Crippen molar-refractivity contribution >= 4 is 28.8 Å². The van der Waals surface area contributed by atoms with Crippen LogP contribution >= 0.6 is 0 Å². The molecule has 25 heavy (non-hydrogen) atoms. The summed E-state index contributed by atoms with van der Waals surface area (Å²) in [7, 11) is 1.25. The van der Waals surface area contributed by atoms with Crippen LogP contribution in [0.25, 0.3) is 11.0 Å². The van der Waals surface area contributed by atoms with E-state index < -0.39 is 23.5 Å². The van der Waals surface area contributed by atoms with Gasteiger partial charge in [0.1, 0.15) is 5.58 Å². The summed E-state index contributed by atoms with van der Waals surface area (Å²) in [6.45, 7) is 5.88. The fourth-order valence-corrected chi connectivity index (χ4v) is 3.07. The number of carbonyl (C=O) groups is 3. The predicted octanol–water partition coefficient (Wildman–Crippen LogP) is 2.15. The maximum absolute atomic E-state index is 12.1. The van der Waals surface area contributed by atoms with E-state index in [-0.39, 0.29) is 12.5 Å². The van der Waals surface area contributed by atoms with E-state index in [4.69, 9.17) is 4.42 Å². The summed E-state index contributed by atoms with van der Waals surface area (Å²) in [6, 6.07) is 4.24. The number of nitrogens with zero attached hydrogens (tertiary/aromatic N) is 2. The largest absolute Gasteiger partial charge is 0.423 e. The summed E-state index contributed by atoms with van der Waals surface area (Å²) in [6.07, 6.45) is 0. The first kappa shape index (κ1) is 16.9. The van der Waals surface area contributed by atoms with E-state index in [0.717, 1.165) is 20.9 Å². The number of imide groups is 2. The van der Waals surface area contributed by atoms with Gasteiger partial charge in [-0.3, -0.25) is 19.4 Å². The third-order valence-electron chi connectivity index (χ3n) is 4.42. The molecule has 2 heterocycles. The van der Waals surface area contributed by atoms with E-state index in [1.165, 1.54) is 13.1 Å². The van der Waals surface area contributed by atoms with Gasteiger partial charge in [-0.1, -0.05) is 13.8 Å². The van der Waals surface area contributed by atoms with Crippen molar-refractivity contribution in [3.05, 3.63) is 45.3 Å². The molecule has 0 unspecified atom stereocenters. The highest BCUT2D eigenvalue weighted by Crippen LogP contribution is 2.28. The zero-order valence-corrected chi connectivity index (χ0v) is 14.5. The molecule has 4 amide bonds. The topological polar surface area (TPSA) is 87.9 Å². The maximum Gasteiger partial charge on any atom is 0.336 e. The van der Waals surface area contributed by atoms with E-state index in [1.807, 2.05) is 26.8 Å². The van der Waals surface area contributed by atoms with Crippen molar-refractivity contribution in [1.82, 2.24) is 9.80 Å². The number of carbonyl (C=O) groups excluding carboxylic acids is 3. The Kier molecular flexibility index (Phi) is 3.94. The molecular formula is C18H18N2O5. The molecule has 1 aromatic heterocycles. The molecule has 0 bridgehead atoms. The van der Waals surface area contributed by atoms with Crippen molar-refractivity contribution in [2.45, 2.75) is 33.2 Å². The summed E-state index contributed by atoms with van der Waals surface area (Å²) >= 11 is 0. The van der Waals surface area contributed by atoms with Gasteiger partial charge in [0.25, 0.3) is 0 Å². The molecule has 7 nitrogen and oxygen atoms in total. The van der Waals surface area contributed by atoms with Gasteiger partial charge in [-0.05, 0) is 41.7 Å². The minimum atomic E-state index is -0.898. The molecule has 1 fully saturated rings. The zero-order valence-electron chi connectivity index (χ0n) is 14.5. The van der Waals surface area contributed by atoms with Gasteiger partial charge in [0.05, 0.1) is 6.54 Å². The fourth-order valence-electron chi connectivity index (χ4n) is 3.07. The number of hydrogen-bond acceptors (Lipinski definition) is 5. The summed E-state index contributed by atoms with van der Waals surface area (Å²) in [5.74, 6) is -1.52. The number of fused-ring (bicyclic) bond motifs is 1. The van der Waals surface area contributed by atoms with Crippen LogP contribution < -0.4 is 5.63 Å². The number of hydrogen-bond donors (Lipinski definition) is 0. The lowest BCUT2D eigenvalue weighted by molar-refractivity contribution is -0.143. The van der Waals surface area contributed by atoms with Gasteiger partial charge in [-0.2, -0.15) is 0 Å². The summed E-state index contributed by atoms with van der Waals surface area (Å²) in [5.41, 5.74) is 2.36. The molecule has 0 spiro atoms. The minimum Gasteiger partial charge on any atom is -0.423 e. The molecule has 1 saturated heterocycles. The van der Waals surface area contributed by atoms with Gasteiger partial charge >= 0.3 is 23.5 Å². The predicted molar refractivity (Wildman–Crippen MR) is 90.0 cm³/mol. The summed E-state index contributed by atoms with van der Waals surface area (Å²) in [4.78, 5) is 49.2. The molecule has 7 heteroatoms. The van der Waals surface area contributed by atoms with Crippen LogP contribution in [0.1, 0.15) is 36.5 Å². The zero-order chi connectivity index (χ0) is 18.5. The molecule has 0 atom stereocenters. The Balaban J connectivity index is 2.14. The van der Waals surface area contributed by atoms with Crippen molar-refractivity contribution in [1.29, 1.82) is 0 Å². The average Bonchev–Trinajstić information content (AvgIpc) is 2.71. The summed E-state index contributed by atoms with van der Waals surface area (Å²) in [5, 5.41) is 0.650. The van der Waals surface area contributed by atoms with Gasteiger partial charge in [0.15, 0.2) is 0 Å². The number of benzene rings is 1. The van der Waals surface area contributed by atoms with Gasteiger partial charge in [0, 0.05) is 18.5 Å². The molecule has 3 rings (SSSR count). The van der Waals surface area contributed by atoms with Crippen LogP contribution in [0.15, 0.2) is 27.4 Å². The molecule has 1 aliphatic heterocycles. The van der Waals surface area contributed by atoms with Crippen LogP contribution in [0.3, 0.4) is 0 Å². The Hall–Kier alpha value is -2.96. The first-order chi connectivity index (χ1) is 11.7. The second-order valence-electron chi connectivity index (χ2n) is 6.49. The molecular weight excluding hydrogens is 324 g/mol. The van der Waals surface area contributed by atoms with E-state index in [9.17, 15) is 19.2 Å². The van der Waals surface area contributed by atoms with Crippen LogP contribution in [0.4, 0.5) is 4.79 Å². The second-order valence-corrected chi connectivity index (χ2v) is 6.49. The summed E-state index contributed by atoms with van der Waals surface area (Å²) < 4.78 is 5.26. The molecule has 0 radical (unpaired) electrons. The van der Waals surface area contributed by atoms with Crippen LogP contribution in [0.5, 0.6) is 0 Å². The molecule has 0 N–H and O–H groups in total. The van der Waals surface area contributed by atoms with Crippen LogP contribution in [0, 0.1) is 6.92 Å². The minimum absolute atomic E-state index is 0.156. The average molecular weight is 342 g/mol. The quantitative estimate of drug-likeness (QED) is 0.484. The van der Waals surface area contributed by atoms with E-state index in [0.29, 0.717) is 16.5 Å². The van der Waals surface area contributed by atoms with Gasteiger partial charge in [-0.15, -0.1) is 0 Å². The lowest BCUT2D eigenvalue weighted by Crippen LogP contribution is -2.31. The molecule has 2 aromatic rings. The Morgan fingerprint density at radius 3 is 2.28 bits per heavy atom. The molecule has 0 saturated carbocycles. The first-order valence-corrected chi connectivity index (χ1v) is 7.91. The lowest BCUT2D eigenvalue weighted by Gasteiger charge is -2.16. The normalized spacial score (nSPS) is 15.2. The van der Waals surface area contributed by atoms with Gasteiger partial charge < -0.3 is 4.42 Å². The number of likely N-dealkylation sites (N-methyl/N-ethyl adjacent to an activating group) is 1. The molecule has 130 valence electrons. The lowest BCUT2D eigenvalue weighted by atomic mass is 9.95. The van der Waals surface area contributed by atoms with Crippen molar-refractivity contribution in [2.75, 3.05) is 7.05 Å². The van der Waals surface area contributed by atoms with Crippen molar-refractivity contribution in [3.8, 4) is 0 Å². The number of rotatable bonds is 3. The monoisotopic (exact) mass is 342 g/mol. The van der Waals surface area contributed by atoms with E-state index in [1.54, 1.807) is 6.07 Å².